The zero-order valence-corrected chi connectivity index (χ0v) is 26.9. The third-order valence-electron chi connectivity index (χ3n) is 6.83. The fourth-order valence-corrected chi connectivity index (χ4v) is 6.35. The molecule has 0 radical (unpaired) electrons. The van der Waals surface area contributed by atoms with Crippen molar-refractivity contribution >= 4 is 52.0 Å². The Balaban J connectivity index is 1.69. The minimum Gasteiger partial charge on any atom is -0.354 e. The summed E-state index contributed by atoms with van der Waals surface area (Å²) in [6, 6.07) is 21.1. The molecule has 1 atom stereocenters. The number of sulfonamides is 1. The summed E-state index contributed by atoms with van der Waals surface area (Å²) < 4.78 is 27.4. The van der Waals surface area contributed by atoms with Crippen LogP contribution in [0.5, 0.6) is 0 Å². The van der Waals surface area contributed by atoms with E-state index in [0.29, 0.717) is 54.4 Å². The first-order chi connectivity index (χ1) is 20.5. The second-order valence-corrected chi connectivity index (χ2v) is 12.7. The first-order valence-electron chi connectivity index (χ1n) is 14.2. The summed E-state index contributed by atoms with van der Waals surface area (Å²) in [4.78, 5) is 39.1. The Hall–Kier alpha value is -3.34. The van der Waals surface area contributed by atoms with Crippen LogP contribution in [0.25, 0.3) is 11.1 Å². The molecule has 3 rings (SSSR count). The molecular weight excluding hydrogens is 606 g/mol. The van der Waals surface area contributed by atoms with Crippen LogP contribution in [-0.2, 0) is 37.4 Å². The van der Waals surface area contributed by atoms with Crippen LogP contribution in [0.4, 0.5) is 0 Å². The predicted molar refractivity (Wildman–Crippen MR) is 173 cm³/mol. The summed E-state index contributed by atoms with van der Waals surface area (Å²) in [5.74, 6) is -0.767. The van der Waals surface area contributed by atoms with Crippen LogP contribution in [0.2, 0.25) is 5.02 Å². The number of unbranched alkanes of at least 4 members (excludes halogenated alkanes) is 1. The number of hydrogen-bond donors (Lipinski definition) is 3. The van der Waals surface area contributed by atoms with Gasteiger partial charge in [0.15, 0.2) is 0 Å². The fourth-order valence-electron chi connectivity index (χ4n) is 4.62. The quantitative estimate of drug-likeness (QED) is 0.196. The van der Waals surface area contributed by atoms with Gasteiger partial charge in [-0.3, -0.25) is 14.4 Å². The molecule has 0 fully saturated rings. The monoisotopic (exact) mass is 643 g/mol. The van der Waals surface area contributed by atoms with Gasteiger partial charge in [0.2, 0.25) is 17.7 Å². The van der Waals surface area contributed by atoms with E-state index in [1.54, 1.807) is 41.3 Å². The van der Waals surface area contributed by atoms with Gasteiger partial charge in [-0.05, 0) is 47.7 Å². The lowest BCUT2D eigenvalue weighted by Crippen LogP contribution is -2.40. The van der Waals surface area contributed by atoms with E-state index in [0.717, 1.165) is 30.9 Å². The van der Waals surface area contributed by atoms with Crippen molar-refractivity contribution in [1.29, 1.82) is 0 Å². The Bertz CT molecular complexity index is 1510. The van der Waals surface area contributed by atoms with Gasteiger partial charge >= 0.3 is 0 Å². The molecule has 3 aromatic carbocycles. The van der Waals surface area contributed by atoms with E-state index < -0.39 is 15.9 Å². The average molecular weight is 644 g/mol. The summed E-state index contributed by atoms with van der Waals surface area (Å²) in [5, 5.41) is 3.57. The molecule has 0 saturated carbocycles. The van der Waals surface area contributed by atoms with Gasteiger partial charge in [-0.2, -0.15) is 12.6 Å². The summed E-state index contributed by atoms with van der Waals surface area (Å²) >= 11 is 10.5. The minimum atomic E-state index is -4.03. The molecule has 8 nitrogen and oxygen atoms in total. The van der Waals surface area contributed by atoms with Crippen LogP contribution < -0.4 is 10.0 Å². The number of rotatable bonds is 15. The highest BCUT2D eigenvalue weighted by molar-refractivity contribution is 7.90. The third-order valence-corrected chi connectivity index (χ3v) is 9.00. The molecule has 2 N–H and O–H groups in total. The Morgan fingerprint density at radius 2 is 1.70 bits per heavy atom. The lowest BCUT2D eigenvalue weighted by Gasteiger charge is -2.24. The van der Waals surface area contributed by atoms with Gasteiger partial charge < -0.3 is 10.2 Å². The van der Waals surface area contributed by atoms with Crippen LogP contribution in [0.3, 0.4) is 0 Å². The Morgan fingerprint density at radius 3 is 2.35 bits per heavy atom. The number of amides is 3. The fraction of sp³-hybridized carbons (Fsp3) is 0.344. The lowest BCUT2D eigenvalue weighted by atomic mass is 10.0. The number of benzene rings is 3. The van der Waals surface area contributed by atoms with Crippen molar-refractivity contribution in [1.82, 2.24) is 14.9 Å². The third kappa shape index (κ3) is 10.4. The van der Waals surface area contributed by atoms with Crippen LogP contribution in [0, 0.1) is 5.92 Å². The number of halogens is 1. The van der Waals surface area contributed by atoms with Crippen molar-refractivity contribution in [3.05, 3.63) is 88.9 Å². The van der Waals surface area contributed by atoms with Gasteiger partial charge in [0.05, 0.1) is 10.8 Å². The first kappa shape index (κ1) is 34.2. The zero-order valence-electron chi connectivity index (χ0n) is 24.4. The molecule has 3 amide bonds. The topological polar surface area (TPSA) is 113 Å². The Morgan fingerprint density at radius 1 is 0.977 bits per heavy atom. The molecule has 11 heteroatoms. The zero-order chi connectivity index (χ0) is 31.4. The molecule has 0 heterocycles. The molecule has 0 spiro atoms. The van der Waals surface area contributed by atoms with Crippen molar-refractivity contribution < 1.29 is 22.8 Å². The highest BCUT2D eigenvalue weighted by atomic mass is 35.5. The highest BCUT2D eigenvalue weighted by Gasteiger charge is 2.21. The van der Waals surface area contributed by atoms with E-state index in [9.17, 15) is 22.8 Å². The number of hydrogen-bond acceptors (Lipinski definition) is 6. The molecule has 0 aliphatic heterocycles. The molecule has 3 aromatic rings. The van der Waals surface area contributed by atoms with Crippen LogP contribution in [-0.4, -0.2) is 49.9 Å². The van der Waals surface area contributed by atoms with Crippen LogP contribution in [0.15, 0.2) is 77.7 Å². The molecule has 0 aliphatic carbocycles. The SMILES string of the molecule is CCCCC(=O)N(CCNC(=O)[C@@H](CS)Cc1cccc(Cl)c1)Cc1ccc(-c2ccccc2S(=O)(=O)NC(C)=O)cc1. The maximum absolute atomic E-state index is 13.1. The molecule has 0 aliphatic rings. The first-order valence-corrected chi connectivity index (χ1v) is 16.7. The van der Waals surface area contributed by atoms with Gasteiger partial charge in [-0.15, -0.1) is 0 Å². The second kappa shape index (κ2) is 16.5. The molecule has 43 heavy (non-hydrogen) atoms. The summed E-state index contributed by atoms with van der Waals surface area (Å²) in [5.41, 5.74) is 2.92. The Kier molecular flexibility index (Phi) is 13.1. The van der Waals surface area contributed by atoms with Crippen LogP contribution in [0.1, 0.15) is 44.2 Å². The average Bonchev–Trinajstić information content (AvgIpc) is 2.97. The largest absolute Gasteiger partial charge is 0.354 e. The lowest BCUT2D eigenvalue weighted by molar-refractivity contribution is -0.132. The van der Waals surface area contributed by atoms with Gasteiger partial charge in [0.25, 0.3) is 10.0 Å². The van der Waals surface area contributed by atoms with E-state index in [1.807, 2.05) is 42.0 Å². The summed E-state index contributed by atoms with van der Waals surface area (Å²) in [6.07, 6.45) is 2.57. The molecular formula is C32H38ClN3O5S2. The van der Waals surface area contributed by atoms with Crippen molar-refractivity contribution in [2.75, 3.05) is 18.8 Å². The molecule has 0 aromatic heterocycles. The molecule has 230 valence electrons. The van der Waals surface area contributed by atoms with Gasteiger partial charge in [-0.1, -0.05) is 79.5 Å². The molecule has 0 saturated heterocycles. The van der Waals surface area contributed by atoms with Gasteiger partial charge in [0.1, 0.15) is 0 Å². The number of carbonyl (C=O) groups is 3. The number of carbonyl (C=O) groups excluding carboxylic acids is 3. The van der Waals surface area contributed by atoms with Crippen molar-refractivity contribution in [2.45, 2.75) is 51.0 Å². The van der Waals surface area contributed by atoms with Crippen LogP contribution >= 0.6 is 24.2 Å². The maximum Gasteiger partial charge on any atom is 0.264 e. The van der Waals surface area contributed by atoms with E-state index in [4.69, 9.17) is 11.6 Å². The van der Waals surface area contributed by atoms with E-state index in [1.165, 1.54) is 6.07 Å². The van der Waals surface area contributed by atoms with Crippen molar-refractivity contribution in [2.24, 2.45) is 5.92 Å². The Labute approximate surface area is 264 Å². The maximum atomic E-state index is 13.1. The van der Waals surface area contributed by atoms with Crippen molar-refractivity contribution in [3.63, 3.8) is 0 Å². The standard InChI is InChI=1S/C32H38ClN3O5S2/c1-3-4-12-31(38)36(18-17-34-32(39)27(22-42)19-25-8-7-9-28(33)20-25)21-24-13-15-26(16-14-24)29-10-5-6-11-30(29)43(40,41)35-23(2)37/h5-11,13-16,20,27,42H,3-4,12,17-19,21-22H2,1-2H3,(H,34,39)(H,35,37)/t27-/m1/s1. The van der Waals surface area contributed by atoms with Gasteiger partial charge in [0, 0.05) is 49.3 Å². The second-order valence-electron chi connectivity index (χ2n) is 10.3. The van der Waals surface area contributed by atoms with E-state index in [-0.39, 0.29) is 22.6 Å². The van der Waals surface area contributed by atoms with Crippen molar-refractivity contribution in [3.8, 4) is 11.1 Å². The summed E-state index contributed by atoms with van der Waals surface area (Å²) in [6.45, 7) is 4.14. The molecule has 0 unspecified atom stereocenters. The number of nitrogens with one attached hydrogen (secondary N) is 2. The highest BCUT2D eigenvalue weighted by Crippen LogP contribution is 2.28. The normalized spacial score (nSPS) is 11.9. The number of thiol groups is 1. The minimum absolute atomic E-state index is 0.0000555. The van der Waals surface area contributed by atoms with E-state index >= 15 is 0 Å². The van der Waals surface area contributed by atoms with Gasteiger partial charge in [-0.25, -0.2) is 13.1 Å². The predicted octanol–water partition coefficient (Wildman–Crippen LogP) is 5.26. The number of nitrogens with zero attached hydrogens (tertiary/aromatic N) is 1. The summed E-state index contributed by atoms with van der Waals surface area (Å²) in [7, 11) is -4.03. The van der Waals surface area contributed by atoms with E-state index in [2.05, 4.69) is 17.9 Å². The smallest absolute Gasteiger partial charge is 0.264 e. The molecule has 0 bridgehead atoms.